The molecular weight excluding hydrogens is 288 g/mol. The van der Waals surface area contributed by atoms with Gasteiger partial charge in [0.25, 0.3) is 10.0 Å². The van der Waals surface area contributed by atoms with Crippen LogP contribution in [-0.4, -0.2) is 51.0 Å². The van der Waals surface area contributed by atoms with E-state index in [9.17, 15) is 13.2 Å². The fourth-order valence-electron chi connectivity index (χ4n) is 1.54. The van der Waals surface area contributed by atoms with Crippen molar-refractivity contribution in [2.75, 3.05) is 27.2 Å². The summed E-state index contributed by atoms with van der Waals surface area (Å²) >= 11 is 0.797. The minimum atomic E-state index is -3.59. The van der Waals surface area contributed by atoms with E-state index < -0.39 is 16.0 Å². The van der Waals surface area contributed by atoms with Crippen LogP contribution >= 0.6 is 11.3 Å². The highest BCUT2D eigenvalue weighted by Crippen LogP contribution is 2.28. The predicted molar refractivity (Wildman–Crippen MR) is 74.4 cm³/mol. The number of nitrogens with one attached hydrogen (secondary N) is 1. The van der Waals surface area contributed by atoms with Crippen LogP contribution in [0.1, 0.15) is 21.7 Å². The van der Waals surface area contributed by atoms with E-state index in [2.05, 4.69) is 5.32 Å². The third-order valence-corrected chi connectivity index (χ3v) is 6.18. The fourth-order valence-corrected chi connectivity index (χ4v) is 4.34. The first kappa shape index (κ1) is 16.1. The molecule has 0 aliphatic heterocycles. The standard InChI is InChI=1S/C11H18N2O4S2/c1-8-7-9(18-10(8)11(14)15)19(16,17)13(3)6-4-5-12-2/h7,12H,4-6H2,1-3H3,(H,14,15). The molecule has 0 fully saturated rings. The summed E-state index contributed by atoms with van der Waals surface area (Å²) in [6, 6.07) is 1.41. The van der Waals surface area contributed by atoms with Gasteiger partial charge in [-0.3, -0.25) is 0 Å². The van der Waals surface area contributed by atoms with Gasteiger partial charge in [-0.05, 0) is 38.6 Å². The van der Waals surface area contributed by atoms with E-state index in [1.165, 1.54) is 17.4 Å². The molecule has 0 aliphatic carbocycles. The summed E-state index contributed by atoms with van der Waals surface area (Å²) in [7, 11) is -0.292. The van der Waals surface area contributed by atoms with Gasteiger partial charge in [0, 0.05) is 13.6 Å². The lowest BCUT2D eigenvalue weighted by Crippen LogP contribution is -2.29. The van der Waals surface area contributed by atoms with E-state index in [4.69, 9.17) is 5.11 Å². The number of carboxylic acid groups (broad SMARTS) is 1. The molecule has 2 N–H and O–H groups in total. The normalized spacial score (nSPS) is 12.0. The number of carboxylic acids is 1. The average Bonchev–Trinajstić information content (AvgIpc) is 2.72. The van der Waals surface area contributed by atoms with Crippen LogP contribution in [-0.2, 0) is 10.0 Å². The first-order chi connectivity index (χ1) is 8.80. The summed E-state index contributed by atoms with van der Waals surface area (Å²) in [5, 5.41) is 11.9. The number of aromatic carboxylic acids is 1. The lowest BCUT2D eigenvalue weighted by molar-refractivity contribution is 0.0701. The van der Waals surface area contributed by atoms with Gasteiger partial charge in [-0.2, -0.15) is 0 Å². The van der Waals surface area contributed by atoms with Crippen molar-refractivity contribution in [2.24, 2.45) is 0 Å². The summed E-state index contributed by atoms with van der Waals surface area (Å²) in [5.41, 5.74) is 0.472. The molecule has 0 aliphatic rings. The Morgan fingerprint density at radius 2 is 2.16 bits per heavy atom. The van der Waals surface area contributed by atoms with Gasteiger partial charge < -0.3 is 10.4 Å². The van der Waals surface area contributed by atoms with Crippen LogP contribution in [0.15, 0.2) is 10.3 Å². The third kappa shape index (κ3) is 3.75. The number of aryl methyl sites for hydroxylation is 1. The second-order valence-electron chi connectivity index (χ2n) is 4.17. The van der Waals surface area contributed by atoms with Crippen LogP contribution < -0.4 is 5.32 Å². The van der Waals surface area contributed by atoms with Gasteiger partial charge in [0.1, 0.15) is 9.09 Å². The van der Waals surface area contributed by atoms with E-state index in [1.54, 1.807) is 14.0 Å². The van der Waals surface area contributed by atoms with Gasteiger partial charge >= 0.3 is 5.97 Å². The van der Waals surface area contributed by atoms with Crippen molar-refractivity contribution in [3.05, 3.63) is 16.5 Å². The summed E-state index contributed by atoms with van der Waals surface area (Å²) in [5.74, 6) is -1.10. The average molecular weight is 306 g/mol. The molecule has 1 aromatic rings. The smallest absolute Gasteiger partial charge is 0.346 e. The monoisotopic (exact) mass is 306 g/mol. The number of sulfonamides is 1. The molecule has 1 aromatic heterocycles. The molecule has 0 unspecified atom stereocenters. The molecule has 0 saturated heterocycles. The molecule has 0 radical (unpaired) electrons. The summed E-state index contributed by atoms with van der Waals surface area (Å²) in [4.78, 5) is 11.0. The van der Waals surface area contributed by atoms with Gasteiger partial charge in [0.15, 0.2) is 0 Å². The summed E-state index contributed by atoms with van der Waals surface area (Å²) in [6.45, 7) is 2.71. The molecule has 19 heavy (non-hydrogen) atoms. The quantitative estimate of drug-likeness (QED) is 0.734. The van der Waals surface area contributed by atoms with Crippen LogP contribution in [0.25, 0.3) is 0 Å². The molecule has 0 spiro atoms. The van der Waals surface area contributed by atoms with Crippen molar-refractivity contribution in [1.29, 1.82) is 0 Å². The topological polar surface area (TPSA) is 86.7 Å². The minimum absolute atomic E-state index is 0.0715. The second kappa shape index (κ2) is 6.47. The zero-order chi connectivity index (χ0) is 14.6. The molecule has 108 valence electrons. The lowest BCUT2D eigenvalue weighted by atomic mass is 10.3. The number of hydrogen-bond donors (Lipinski definition) is 2. The molecule has 0 aromatic carbocycles. The highest BCUT2D eigenvalue weighted by molar-refractivity contribution is 7.91. The fraction of sp³-hybridized carbons (Fsp3) is 0.545. The van der Waals surface area contributed by atoms with E-state index in [-0.39, 0.29) is 9.09 Å². The maximum atomic E-state index is 12.2. The first-order valence-corrected chi connectivity index (χ1v) is 8.01. The van der Waals surface area contributed by atoms with Crippen LogP contribution in [0.4, 0.5) is 0 Å². The Morgan fingerprint density at radius 1 is 1.53 bits per heavy atom. The maximum absolute atomic E-state index is 12.2. The molecule has 0 bridgehead atoms. The van der Waals surface area contributed by atoms with Gasteiger partial charge in [0.2, 0.25) is 0 Å². The molecule has 6 nitrogen and oxygen atoms in total. The molecule has 0 saturated carbocycles. The molecular formula is C11H18N2O4S2. The van der Waals surface area contributed by atoms with Crippen LogP contribution in [0.3, 0.4) is 0 Å². The Hall–Kier alpha value is -0.960. The minimum Gasteiger partial charge on any atom is -0.477 e. The zero-order valence-corrected chi connectivity index (χ0v) is 12.8. The zero-order valence-electron chi connectivity index (χ0n) is 11.1. The number of rotatable bonds is 7. The van der Waals surface area contributed by atoms with Crippen LogP contribution in [0.2, 0.25) is 0 Å². The first-order valence-electron chi connectivity index (χ1n) is 5.75. The van der Waals surface area contributed by atoms with Crippen LogP contribution in [0.5, 0.6) is 0 Å². The molecule has 1 heterocycles. The molecule has 0 amide bonds. The molecule has 8 heteroatoms. The van der Waals surface area contributed by atoms with Gasteiger partial charge in [-0.25, -0.2) is 17.5 Å². The maximum Gasteiger partial charge on any atom is 0.346 e. The van der Waals surface area contributed by atoms with Crippen molar-refractivity contribution in [1.82, 2.24) is 9.62 Å². The van der Waals surface area contributed by atoms with Crippen molar-refractivity contribution < 1.29 is 18.3 Å². The number of hydrogen-bond acceptors (Lipinski definition) is 5. The van der Waals surface area contributed by atoms with Gasteiger partial charge in [-0.15, -0.1) is 11.3 Å². The van der Waals surface area contributed by atoms with Crippen molar-refractivity contribution in [3.63, 3.8) is 0 Å². The van der Waals surface area contributed by atoms with Crippen molar-refractivity contribution >= 4 is 27.3 Å². The lowest BCUT2D eigenvalue weighted by Gasteiger charge is -2.15. The third-order valence-electron chi connectivity index (χ3n) is 2.65. The van der Waals surface area contributed by atoms with Crippen molar-refractivity contribution in [3.8, 4) is 0 Å². The Balaban J connectivity index is 2.94. The number of thiophene rings is 1. The number of nitrogens with zero attached hydrogens (tertiary/aromatic N) is 1. The molecule has 1 rings (SSSR count). The van der Waals surface area contributed by atoms with Gasteiger partial charge in [-0.1, -0.05) is 0 Å². The Morgan fingerprint density at radius 3 is 2.63 bits per heavy atom. The Labute approximate surface area is 117 Å². The second-order valence-corrected chi connectivity index (χ2v) is 7.49. The highest BCUT2D eigenvalue weighted by atomic mass is 32.2. The van der Waals surface area contributed by atoms with E-state index >= 15 is 0 Å². The molecule has 0 atom stereocenters. The van der Waals surface area contributed by atoms with E-state index in [1.807, 2.05) is 0 Å². The summed E-state index contributed by atoms with van der Waals surface area (Å²) in [6.07, 6.45) is 0.697. The van der Waals surface area contributed by atoms with Gasteiger partial charge in [0.05, 0.1) is 0 Å². The largest absolute Gasteiger partial charge is 0.477 e. The van der Waals surface area contributed by atoms with Crippen LogP contribution in [0, 0.1) is 6.92 Å². The van der Waals surface area contributed by atoms with E-state index in [0.29, 0.717) is 18.5 Å². The Kier molecular flexibility index (Phi) is 5.48. The van der Waals surface area contributed by atoms with Crippen molar-refractivity contribution in [2.45, 2.75) is 17.6 Å². The SMILES string of the molecule is CNCCCN(C)S(=O)(=O)c1cc(C)c(C(=O)O)s1. The predicted octanol–water partition coefficient (Wildman–Crippen LogP) is 0.985. The summed E-state index contributed by atoms with van der Waals surface area (Å²) < 4.78 is 25.8. The number of carbonyl (C=O) groups is 1. The highest BCUT2D eigenvalue weighted by Gasteiger charge is 2.25. The van der Waals surface area contributed by atoms with E-state index in [0.717, 1.165) is 17.9 Å². The Bertz CT molecular complexity index is 551.